The molecule has 108 valence electrons. The highest BCUT2D eigenvalue weighted by Crippen LogP contribution is 2.35. The van der Waals surface area contributed by atoms with E-state index in [-0.39, 0.29) is 11.9 Å². The summed E-state index contributed by atoms with van der Waals surface area (Å²) in [6, 6.07) is 2.14. The van der Waals surface area contributed by atoms with Gasteiger partial charge in [0.15, 0.2) is 0 Å². The molecule has 1 aromatic heterocycles. The summed E-state index contributed by atoms with van der Waals surface area (Å²) < 4.78 is 5.12. The number of esters is 1. The number of ether oxygens (including phenoxy) is 1. The van der Waals surface area contributed by atoms with E-state index < -0.39 is 0 Å². The van der Waals surface area contributed by atoms with E-state index >= 15 is 0 Å². The Bertz CT molecular complexity index is 528. The standard InChI is InChI=1S/C16H20O3S/c1-2-19-16(18)11-5-6-15-12(7-11)8-13(20-15)9-14(17)10-3-4-10/h8,10-11H,2-7,9H2,1H3. The first-order chi connectivity index (χ1) is 9.67. The molecule has 0 N–H and O–H groups in total. The molecule has 0 saturated heterocycles. The van der Waals surface area contributed by atoms with Crippen LogP contribution in [0.25, 0.3) is 0 Å². The Morgan fingerprint density at radius 3 is 2.80 bits per heavy atom. The van der Waals surface area contributed by atoms with Crippen LogP contribution < -0.4 is 0 Å². The van der Waals surface area contributed by atoms with Gasteiger partial charge in [-0.15, -0.1) is 11.3 Å². The van der Waals surface area contributed by atoms with Crippen LogP contribution in [0, 0.1) is 11.8 Å². The van der Waals surface area contributed by atoms with Gasteiger partial charge >= 0.3 is 5.97 Å². The largest absolute Gasteiger partial charge is 0.466 e. The van der Waals surface area contributed by atoms with Crippen molar-refractivity contribution < 1.29 is 14.3 Å². The Morgan fingerprint density at radius 2 is 2.10 bits per heavy atom. The van der Waals surface area contributed by atoms with Gasteiger partial charge in [-0.3, -0.25) is 9.59 Å². The van der Waals surface area contributed by atoms with Gasteiger partial charge in [0.1, 0.15) is 5.78 Å². The maximum absolute atomic E-state index is 11.9. The second kappa shape index (κ2) is 5.68. The Morgan fingerprint density at radius 1 is 1.30 bits per heavy atom. The number of carbonyl (C=O) groups is 2. The number of thiophene rings is 1. The fourth-order valence-corrected chi connectivity index (χ4v) is 4.08. The van der Waals surface area contributed by atoms with Crippen molar-refractivity contribution in [3.63, 3.8) is 0 Å². The molecule has 0 amide bonds. The molecule has 1 unspecified atom stereocenters. The van der Waals surface area contributed by atoms with Crippen LogP contribution in [0.1, 0.15) is 41.5 Å². The number of ketones is 1. The van der Waals surface area contributed by atoms with Crippen LogP contribution in [0.4, 0.5) is 0 Å². The molecule has 1 saturated carbocycles. The first-order valence-electron chi connectivity index (χ1n) is 7.47. The predicted octanol–water partition coefficient (Wildman–Crippen LogP) is 2.94. The first kappa shape index (κ1) is 13.8. The lowest BCUT2D eigenvalue weighted by Gasteiger charge is -2.20. The number of hydrogen-bond donors (Lipinski definition) is 0. The first-order valence-corrected chi connectivity index (χ1v) is 8.28. The summed E-state index contributed by atoms with van der Waals surface area (Å²) in [5, 5.41) is 0. The fourth-order valence-electron chi connectivity index (χ4n) is 2.86. The summed E-state index contributed by atoms with van der Waals surface area (Å²) in [5.41, 5.74) is 1.26. The fraction of sp³-hybridized carbons (Fsp3) is 0.625. The molecule has 2 aliphatic rings. The number of carbonyl (C=O) groups excluding carboxylic acids is 2. The van der Waals surface area contributed by atoms with Crippen molar-refractivity contribution in [2.75, 3.05) is 6.61 Å². The molecule has 1 aromatic rings. The van der Waals surface area contributed by atoms with Crippen LogP contribution in [0.15, 0.2) is 6.07 Å². The lowest BCUT2D eigenvalue weighted by atomic mass is 9.88. The van der Waals surface area contributed by atoms with Gasteiger partial charge in [0.05, 0.1) is 12.5 Å². The normalized spacial score (nSPS) is 21.4. The van der Waals surface area contributed by atoms with Gasteiger partial charge in [-0.2, -0.15) is 0 Å². The van der Waals surface area contributed by atoms with Crippen molar-refractivity contribution in [3.05, 3.63) is 21.4 Å². The third-order valence-electron chi connectivity index (χ3n) is 4.13. The molecule has 0 aromatic carbocycles. The zero-order valence-corrected chi connectivity index (χ0v) is 12.6. The Labute approximate surface area is 123 Å². The van der Waals surface area contributed by atoms with Gasteiger partial charge in [0.2, 0.25) is 0 Å². The maximum Gasteiger partial charge on any atom is 0.309 e. The second-order valence-electron chi connectivity index (χ2n) is 5.77. The van der Waals surface area contributed by atoms with Gasteiger partial charge in [0.25, 0.3) is 0 Å². The molecule has 4 heteroatoms. The van der Waals surface area contributed by atoms with Gasteiger partial charge in [-0.05, 0) is 50.7 Å². The molecule has 0 bridgehead atoms. The number of fused-ring (bicyclic) bond motifs is 1. The summed E-state index contributed by atoms with van der Waals surface area (Å²) in [6.45, 7) is 2.30. The Kier molecular flexibility index (Phi) is 3.92. The van der Waals surface area contributed by atoms with E-state index in [9.17, 15) is 9.59 Å². The third-order valence-corrected chi connectivity index (χ3v) is 5.37. The minimum Gasteiger partial charge on any atom is -0.466 e. The van der Waals surface area contributed by atoms with E-state index in [1.54, 1.807) is 11.3 Å². The number of hydrogen-bond acceptors (Lipinski definition) is 4. The Hall–Kier alpha value is -1.16. The van der Waals surface area contributed by atoms with Gasteiger partial charge in [-0.25, -0.2) is 0 Å². The van der Waals surface area contributed by atoms with Gasteiger partial charge < -0.3 is 4.74 Å². The lowest BCUT2D eigenvalue weighted by molar-refractivity contribution is -0.148. The van der Waals surface area contributed by atoms with Crippen LogP contribution in [-0.4, -0.2) is 18.4 Å². The van der Waals surface area contributed by atoms with Crippen LogP contribution >= 0.6 is 11.3 Å². The number of aryl methyl sites for hydroxylation is 1. The molecule has 1 atom stereocenters. The zero-order chi connectivity index (χ0) is 14.1. The van der Waals surface area contributed by atoms with Crippen molar-refractivity contribution >= 4 is 23.1 Å². The molecule has 2 aliphatic carbocycles. The molecule has 1 fully saturated rings. The van der Waals surface area contributed by atoms with Crippen molar-refractivity contribution in [1.82, 2.24) is 0 Å². The van der Waals surface area contributed by atoms with Crippen molar-refractivity contribution in [1.29, 1.82) is 0 Å². The Balaban J connectivity index is 1.65. The predicted molar refractivity (Wildman–Crippen MR) is 77.9 cm³/mol. The topological polar surface area (TPSA) is 43.4 Å². The van der Waals surface area contributed by atoms with Crippen molar-refractivity contribution in [2.24, 2.45) is 11.8 Å². The number of rotatable bonds is 5. The lowest BCUT2D eigenvalue weighted by Crippen LogP contribution is -2.23. The minimum absolute atomic E-state index is 0.00373. The van der Waals surface area contributed by atoms with Crippen molar-refractivity contribution in [2.45, 2.75) is 45.4 Å². The zero-order valence-electron chi connectivity index (χ0n) is 11.8. The summed E-state index contributed by atoms with van der Waals surface area (Å²) in [4.78, 5) is 26.2. The monoisotopic (exact) mass is 292 g/mol. The van der Waals surface area contributed by atoms with E-state index in [1.165, 1.54) is 15.3 Å². The van der Waals surface area contributed by atoms with E-state index in [1.807, 2.05) is 6.92 Å². The average molecular weight is 292 g/mol. The van der Waals surface area contributed by atoms with E-state index in [0.29, 0.717) is 24.7 Å². The summed E-state index contributed by atoms with van der Waals surface area (Å²) in [7, 11) is 0. The van der Waals surface area contributed by atoms with Crippen LogP contribution in [-0.2, 0) is 33.6 Å². The molecule has 20 heavy (non-hydrogen) atoms. The highest BCUT2D eigenvalue weighted by molar-refractivity contribution is 7.12. The van der Waals surface area contributed by atoms with E-state index in [0.717, 1.165) is 32.1 Å². The molecular formula is C16H20O3S. The maximum atomic E-state index is 11.9. The molecule has 1 heterocycles. The van der Waals surface area contributed by atoms with Crippen LogP contribution in [0.5, 0.6) is 0 Å². The average Bonchev–Trinajstić information content (AvgIpc) is 3.19. The highest BCUT2D eigenvalue weighted by Gasteiger charge is 2.31. The van der Waals surface area contributed by atoms with Gasteiger partial charge in [-0.1, -0.05) is 0 Å². The quantitative estimate of drug-likeness (QED) is 0.784. The molecule has 3 rings (SSSR count). The third kappa shape index (κ3) is 2.95. The van der Waals surface area contributed by atoms with Crippen LogP contribution in [0.3, 0.4) is 0 Å². The summed E-state index contributed by atoms with van der Waals surface area (Å²) >= 11 is 1.76. The molecule has 0 aliphatic heterocycles. The summed E-state index contributed by atoms with van der Waals surface area (Å²) in [5.74, 6) is 0.663. The molecule has 3 nitrogen and oxygen atoms in total. The SMILES string of the molecule is CCOC(=O)C1CCc2sc(CC(=O)C3CC3)cc2C1. The highest BCUT2D eigenvalue weighted by atomic mass is 32.1. The summed E-state index contributed by atoms with van der Waals surface area (Å²) in [6.07, 6.45) is 5.35. The molecular weight excluding hydrogens is 272 g/mol. The van der Waals surface area contributed by atoms with Crippen LogP contribution in [0.2, 0.25) is 0 Å². The second-order valence-corrected chi connectivity index (χ2v) is 6.99. The van der Waals surface area contributed by atoms with Crippen molar-refractivity contribution in [3.8, 4) is 0 Å². The molecule has 0 spiro atoms. The van der Waals surface area contributed by atoms with Gasteiger partial charge in [0, 0.05) is 22.1 Å². The smallest absolute Gasteiger partial charge is 0.309 e. The minimum atomic E-state index is -0.0695. The van der Waals surface area contributed by atoms with E-state index in [2.05, 4.69) is 6.07 Å². The van der Waals surface area contributed by atoms with E-state index in [4.69, 9.17) is 4.74 Å². The molecule has 0 radical (unpaired) electrons. The number of Topliss-reactive ketones (excluding diaryl/α,β-unsaturated/α-hetero) is 1.